The van der Waals surface area contributed by atoms with Crippen molar-refractivity contribution >= 4 is 40.3 Å². The largest absolute Gasteiger partial charge is 0.490 e. The van der Waals surface area contributed by atoms with E-state index in [0.29, 0.717) is 28.2 Å². The summed E-state index contributed by atoms with van der Waals surface area (Å²) in [4.78, 5) is 27.7. The van der Waals surface area contributed by atoms with E-state index < -0.39 is 4.92 Å². The third-order valence-corrected chi connectivity index (χ3v) is 5.65. The Morgan fingerprint density at radius 2 is 1.79 bits per heavy atom. The molecule has 8 nitrogen and oxygen atoms in total. The van der Waals surface area contributed by atoms with E-state index >= 15 is 0 Å². The fourth-order valence-corrected chi connectivity index (χ4v) is 3.97. The molecule has 0 radical (unpaired) electrons. The second-order valence-corrected chi connectivity index (χ2v) is 8.20. The Bertz CT molecular complexity index is 1260. The van der Waals surface area contributed by atoms with Gasteiger partial charge in [0, 0.05) is 12.1 Å². The lowest BCUT2D eigenvalue weighted by molar-refractivity contribution is -0.384. The Labute approximate surface area is 200 Å². The highest BCUT2D eigenvalue weighted by Gasteiger charge is 2.24. The number of hydrogen-bond acceptors (Lipinski definition) is 7. The normalized spacial score (nSPS) is 15.4. The monoisotopic (exact) mass is 475 g/mol. The van der Waals surface area contributed by atoms with Gasteiger partial charge in [-0.25, -0.2) is 4.99 Å². The van der Waals surface area contributed by atoms with Crippen molar-refractivity contribution in [2.45, 2.75) is 13.5 Å². The van der Waals surface area contributed by atoms with Gasteiger partial charge in [0.25, 0.3) is 11.6 Å². The SMILES string of the molecule is CCOc1cc(C=C2SC(=Nc3ccccc3)NC2=O)ccc1OCc1ccc([N+](=O)[O-])cc1. The van der Waals surface area contributed by atoms with Crippen LogP contribution in [0.15, 0.2) is 82.7 Å². The third-order valence-electron chi connectivity index (χ3n) is 4.74. The van der Waals surface area contributed by atoms with Gasteiger partial charge in [-0.3, -0.25) is 14.9 Å². The van der Waals surface area contributed by atoms with E-state index in [0.717, 1.165) is 16.8 Å². The number of carbonyl (C=O) groups is 1. The Balaban J connectivity index is 1.48. The van der Waals surface area contributed by atoms with E-state index in [2.05, 4.69) is 10.3 Å². The number of amides is 1. The average Bonchev–Trinajstić information content (AvgIpc) is 3.18. The van der Waals surface area contributed by atoms with Crippen molar-refractivity contribution in [3.8, 4) is 11.5 Å². The van der Waals surface area contributed by atoms with E-state index in [4.69, 9.17) is 9.47 Å². The Morgan fingerprint density at radius 1 is 1.03 bits per heavy atom. The number of nitrogens with zero attached hydrogens (tertiary/aromatic N) is 2. The molecule has 1 heterocycles. The zero-order valence-corrected chi connectivity index (χ0v) is 19.1. The minimum Gasteiger partial charge on any atom is -0.490 e. The van der Waals surface area contributed by atoms with Gasteiger partial charge in [0.1, 0.15) is 6.61 Å². The molecule has 1 saturated heterocycles. The molecule has 9 heteroatoms. The van der Waals surface area contributed by atoms with Crippen molar-refractivity contribution in [2.75, 3.05) is 6.61 Å². The number of nitro groups is 1. The first-order valence-corrected chi connectivity index (χ1v) is 11.3. The Hall–Kier alpha value is -4.11. The molecule has 0 aliphatic carbocycles. The van der Waals surface area contributed by atoms with Gasteiger partial charge in [0.15, 0.2) is 16.7 Å². The summed E-state index contributed by atoms with van der Waals surface area (Å²) >= 11 is 1.27. The highest BCUT2D eigenvalue weighted by Crippen LogP contribution is 2.33. The zero-order valence-electron chi connectivity index (χ0n) is 18.3. The average molecular weight is 476 g/mol. The molecule has 172 valence electrons. The molecule has 34 heavy (non-hydrogen) atoms. The van der Waals surface area contributed by atoms with Crippen LogP contribution in [0.5, 0.6) is 11.5 Å². The highest BCUT2D eigenvalue weighted by molar-refractivity contribution is 8.18. The first-order chi connectivity index (χ1) is 16.5. The van der Waals surface area contributed by atoms with E-state index in [1.165, 1.54) is 23.9 Å². The molecule has 1 fully saturated rings. The molecule has 0 saturated carbocycles. The number of nitro benzene ring substituents is 1. The van der Waals surface area contributed by atoms with Gasteiger partial charge in [-0.2, -0.15) is 0 Å². The minimum absolute atomic E-state index is 0.0296. The lowest BCUT2D eigenvalue weighted by atomic mass is 10.1. The number of amidine groups is 1. The van der Waals surface area contributed by atoms with Gasteiger partial charge in [0.2, 0.25) is 0 Å². The number of nitrogens with one attached hydrogen (secondary N) is 1. The maximum atomic E-state index is 12.4. The molecule has 1 aliphatic heterocycles. The Morgan fingerprint density at radius 3 is 2.50 bits per heavy atom. The zero-order chi connectivity index (χ0) is 23.9. The van der Waals surface area contributed by atoms with E-state index in [1.54, 1.807) is 24.3 Å². The van der Waals surface area contributed by atoms with Crippen LogP contribution in [-0.2, 0) is 11.4 Å². The van der Waals surface area contributed by atoms with Crippen molar-refractivity contribution in [1.29, 1.82) is 0 Å². The summed E-state index contributed by atoms with van der Waals surface area (Å²) in [5.74, 6) is 0.869. The van der Waals surface area contributed by atoms with Crippen LogP contribution in [-0.4, -0.2) is 22.6 Å². The van der Waals surface area contributed by atoms with Crippen molar-refractivity contribution < 1.29 is 19.2 Å². The molecule has 1 aliphatic rings. The van der Waals surface area contributed by atoms with Crippen molar-refractivity contribution in [1.82, 2.24) is 5.32 Å². The fraction of sp³-hybridized carbons (Fsp3) is 0.120. The van der Waals surface area contributed by atoms with Crippen molar-refractivity contribution in [3.63, 3.8) is 0 Å². The standard InChI is InChI=1S/C25H21N3O5S/c1-2-32-22-14-18(10-13-21(22)33-16-17-8-11-20(12-9-17)28(30)31)15-23-24(29)27-25(34-23)26-19-6-4-3-5-7-19/h3-15H,2,16H2,1H3,(H,26,27,29). The molecule has 0 atom stereocenters. The van der Waals surface area contributed by atoms with Crippen LogP contribution in [0.2, 0.25) is 0 Å². The molecule has 4 rings (SSSR count). The van der Waals surface area contributed by atoms with E-state index in [-0.39, 0.29) is 18.2 Å². The number of thioether (sulfide) groups is 1. The molecule has 0 aromatic heterocycles. The van der Waals surface area contributed by atoms with E-state index in [1.807, 2.05) is 49.4 Å². The number of ether oxygens (including phenoxy) is 2. The summed E-state index contributed by atoms with van der Waals surface area (Å²) in [6.45, 7) is 2.55. The van der Waals surface area contributed by atoms with Gasteiger partial charge < -0.3 is 14.8 Å². The van der Waals surface area contributed by atoms with Gasteiger partial charge in [-0.05, 0) is 72.3 Å². The summed E-state index contributed by atoms with van der Waals surface area (Å²) in [7, 11) is 0. The molecule has 1 N–H and O–H groups in total. The predicted octanol–water partition coefficient (Wildman–Crippen LogP) is 5.46. The van der Waals surface area contributed by atoms with Gasteiger partial charge in [-0.15, -0.1) is 0 Å². The second kappa shape index (κ2) is 10.7. The van der Waals surface area contributed by atoms with Crippen LogP contribution in [0.3, 0.4) is 0 Å². The molecule has 1 amide bonds. The topological polar surface area (TPSA) is 103 Å². The number of non-ortho nitro benzene ring substituents is 1. The summed E-state index contributed by atoms with van der Waals surface area (Å²) in [5, 5.41) is 14.1. The van der Waals surface area contributed by atoms with Crippen molar-refractivity contribution in [2.24, 2.45) is 4.99 Å². The fourth-order valence-electron chi connectivity index (χ4n) is 3.13. The first-order valence-electron chi connectivity index (χ1n) is 10.5. The predicted molar refractivity (Wildman–Crippen MR) is 132 cm³/mol. The number of aliphatic imine (C=N–C) groups is 1. The summed E-state index contributed by atoms with van der Waals surface area (Å²) in [6, 6.07) is 21.0. The summed E-state index contributed by atoms with van der Waals surface area (Å²) < 4.78 is 11.6. The van der Waals surface area contributed by atoms with Crippen LogP contribution >= 0.6 is 11.8 Å². The van der Waals surface area contributed by atoms with Crippen LogP contribution < -0.4 is 14.8 Å². The first kappa shape index (κ1) is 23.1. The van der Waals surface area contributed by atoms with Crippen LogP contribution in [0.1, 0.15) is 18.1 Å². The minimum atomic E-state index is -0.440. The molecule has 0 spiro atoms. The molecule has 3 aromatic carbocycles. The van der Waals surface area contributed by atoms with Gasteiger partial charge in [-0.1, -0.05) is 24.3 Å². The van der Waals surface area contributed by atoms with Crippen LogP contribution in [0, 0.1) is 10.1 Å². The molecule has 0 bridgehead atoms. The number of para-hydroxylation sites is 1. The molecule has 3 aromatic rings. The van der Waals surface area contributed by atoms with Gasteiger partial charge >= 0.3 is 0 Å². The summed E-state index contributed by atoms with van der Waals surface area (Å²) in [6.07, 6.45) is 1.77. The second-order valence-electron chi connectivity index (χ2n) is 7.17. The number of rotatable bonds is 8. The maximum absolute atomic E-state index is 12.4. The highest BCUT2D eigenvalue weighted by atomic mass is 32.2. The lowest BCUT2D eigenvalue weighted by Gasteiger charge is -2.13. The van der Waals surface area contributed by atoms with Gasteiger partial charge in [0.05, 0.1) is 22.1 Å². The molecular formula is C25H21N3O5S. The smallest absolute Gasteiger partial charge is 0.269 e. The third kappa shape index (κ3) is 5.81. The van der Waals surface area contributed by atoms with Crippen LogP contribution in [0.25, 0.3) is 6.08 Å². The number of hydrogen-bond donors (Lipinski definition) is 1. The quantitative estimate of drug-likeness (QED) is 0.263. The van der Waals surface area contributed by atoms with Crippen LogP contribution in [0.4, 0.5) is 11.4 Å². The van der Waals surface area contributed by atoms with Crippen molar-refractivity contribution in [3.05, 3.63) is 98.9 Å². The number of carbonyl (C=O) groups excluding carboxylic acids is 1. The molecule has 0 unspecified atom stereocenters. The van der Waals surface area contributed by atoms with E-state index in [9.17, 15) is 14.9 Å². The lowest BCUT2D eigenvalue weighted by Crippen LogP contribution is -2.19. The maximum Gasteiger partial charge on any atom is 0.269 e. The molecular weight excluding hydrogens is 454 g/mol. The number of benzene rings is 3. The Kier molecular flexibility index (Phi) is 7.24. The summed E-state index contributed by atoms with van der Waals surface area (Å²) in [5.41, 5.74) is 2.37.